The van der Waals surface area contributed by atoms with Crippen molar-refractivity contribution in [2.24, 2.45) is 0 Å². The number of pyridine rings is 1. The van der Waals surface area contributed by atoms with Crippen LogP contribution in [-0.4, -0.2) is 70.6 Å². The lowest BCUT2D eigenvalue weighted by Gasteiger charge is -2.19. The number of aliphatic hydroxyl groups excluding tert-OH is 3. The molecule has 4 atom stereocenters. The third-order valence-corrected chi connectivity index (χ3v) is 6.28. The number of hydrogen-bond donors (Lipinski definition) is 4. The summed E-state index contributed by atoms with van der Waals surface area (Å²) in [5.74, 6) is -0.0267. The van der Waals surface area contributed by atoms with Gasteiger partial charge in [0.25, 0.3) is 11.8 Å². The Labute approximate surface area is 217 Å². The molecule has 0 saturated carbocycles. The molecular formula is C26H28N6O6. The van der Waals surface area contributed by atoms with Gasteiger partial charge in [-0.1, -0.05) is 32.9 Å². The third-order valence-electron chi connectivity index (χ3n) is 6.28. The van der Waals surface area contributed by atoms with Crippen LogP contribution in [0.2, 0.25) is 0 Å². The van der Waals surface area contributed by atoms with Crippen LogP contribution in [0.15, 0.2) is 55.1 Å². The average Bonchev–Trinajstić information content (AvgIpc) is 3.44. The molecule has 1 aliphatic heterocycles. The number of ether oxygens (including phenoxy) is 2. The van der Waals surface area contributed by atoms with Crippen molar-refractivity contribution >= 4 is 23.0 Å². The first-order valence-electron chi connectivity index (χ1n) is 12.0. The van der Waals surface area contributed by atoms with Gasteiger partial charge in [-0.15, -0.1) is 0 Å². The summed E-state index contributed by atoms with van der Waals surface area (Å²) in [7, 11) is 0. The number of amides is 1. The van der Waals surface area contributed by atoms with Gasteiger partial charge in [0.1, 0.15) is 24.1 Å². The van der Waals surface area contributed by atoms with Crippen molar-refractivity contribution in [1.82, 2.24) is 24.5 Å². The summed E-state index contributed by atoms with van der Waals surface area (Å²) in [5, 5.41) is 33.0. The Balaban J connectivity index is 1.52. The van der Waals surface area contributed by atoms with E-state index >= 15 is 0 Å². The molecule has 12 heteroatoms. The topological polar surface area (TPSA) is 165 Å². The van der Waals surface area contributed by atoms with E-state index in [-0.39, 0.29) is 28.4 Å². The number of nitrogens with zero attached hydrogens (tertiary/aromatic N) is 5. The first-order valence-corrected chi connectivity index (χ1v) is 12.0. The molecule has 0 spiro atoms. The second-order valence-corrected chi connectivity index (χ2v) is 9.97. The Morgan fingerprint density at radius 3 is 2.42 bits per heavy atom. The van der Waals surface area contributed by atoms with E-state index in [9.17, 15) is 20.1 Å². The number of rotatable bonds is 6. The van der Waals surface area contributed by atoms with Crippen molar-refractivity contribution in [3.05, 3.63) is 66.2 Å². The molecule has 4 aromatic rings. The molecule has 4 heterocycles. The molecule has 1 fully saturated rings. The fourth-order valence-corrected chi connectivity index (χ4v) is 4.13. The number of nitrogens with one attached hydrogen (secondary N) is 1. The monoisotopic (exact) mass is 520 g/mol. The molecule has 1 aromatic carbocycles. The van der Waals surface area contributed by atoms with E-state index in [1.54, 1.807) is 36.7 Å². The first-order chi connectivity index (χ1) is 18.2. The normalized spacial score (nSPS) is 21.5. The fourth-order valence-electron chi connectivity index (χ4n) is 4.13. The lowest BCUT2D eigenvalue weighted by molar-refractivity contribution is -0.0511. The van der Waals surface area contributed by atoms with Crippen molar-refractivity contribution < 1.29 is 29.6 Å². The minimum absolute atomic E-state index is 0.0464. The molecule has 3 aromatic heterocycles. The van der Waals surface area contributed by atoms with Gasteiger partial charge >= 0.3 is 0 Å². The Kier molecular flexibility index (Phi) is 6.80. The summed E-state index contributed by atoms with van der Waals surface area (Å²) in [4.78, 5) is 30.2. The lowest BCUT2D eigenvalue weighted by Crippen LogP contribution is -2.33. The van der Waals surface area contributed by atoms with Crippen molar-refractivity contribution in [3.63, 3.8) is 0 Å². The molecule has 0 radical (unpaired) electrons. The van der Waals surface area contributed by atoms with Crippen LogP contribution < -0.4 is 10.1 Å². The van der Waals surface area contributed by atoms with Gasteiger partial charge in [0.05, 0.1) is 12.9 Å². The Morgan fingerprint density at radius 2 is 1.79 bits per heavy atom. The van der Waals surface area contributed by atoms with Gasteiger partial charge in [-0.3, -0.25) is 19.7 Å². The molecule has 4 N–H and O–H groups in total. The zero-order valence-corrected chi connectivity index (χ0v) is 21.0. The molecule has 0 unspecified atom stereocenters. The van der Waals surface area contributed by atoms with Crippen LogP contribution in [0.5, 0.6) is 11.6 Å². The molecule has 0 bridgehead atoms. The first kappa shape index (κ1) is 25.7. The van der Waals surface area contributed by atoms with E-state index in [1.165, 1.54) is 10.9 Å². The van der Waals surface area contributed by atoms with Gasteiger partial charge in [-0.25, -0.2) is 4.98 Å². The Bertz CT molecular complexity index is 1440. The highest BCUT2D eigenvalue weighted by molar-refractivity contribution is 6.03. The predicted molar refractivity (Wildman–Crippen MR) is 136 cm³/mol. The largest absolute Gasteiger partial charge is 0.437 e. The van der Waals surface area contributed by atoms with Gasteiger partial charge in [-0.05, 0) is 35.2 Å². The van der Waals surface area contributed by atoms with Gasteiger partial charge in [0.15, 0.2) is 17.4 Å². The SMILES string of the molecule is CC(C)(C)c1ccc(C(=O)Nc2nc(Oc3ccncc3)c3ncn([C@@H]4O[C@H](CO)[C@@H](O)[C@H]4O)c3n2)cc1. The van der Waals surface area contributed by atoms with Crippen molar-refractivity contribution in [1.29, 1.82) is 0 Å². The second-order valence-electron chi connectivity index (χ2n) is 9.97. The van der Waals surface area contributed by atoms with Crippen molar-refractivity contribution in [2.75, 3.05) is 11.9 Å². The van der Waals surface area contributed by atoms with Crippen LogP contribution in [0.3, 0.4) is 0 Å². The molecule has 0 aliphatic carbocycles. The number of hydrogen-bond acceptors (Lipinski definition) is 10. The predicted octanol–water partition coefficient (Wildman–Crippen LogP) is 2.17. The molecule has 12 nitrogen and oxygen atoms in total. The molecule has 5 rings (SSSR count). The summed E-state index contributed by atoms with van der Waals surface area (Å²) in [6.45, 7) is 5.78. The number of fused-ring (bicyclic) bond motifs is 1. The molecule has 1 aliphatic rings. The third kappa shape index (κ3) is 4.94. The van der Waals surface area contributed by atoms with Crippen molar-refractivity contribution in [2.45, 2.75) is 50.7 Å². The quantitative estimate of drug-likeness (QED) is 0.296. The molecule has 1 amide bonds. The van der Waals surface area contributed by atoms with E-state index in [4.69, 9.17) is 9.47 Å². The standard InChI is InChI=1S/C26H28N6O6/c1-26(2,3)15-6-4-14(5-7-15)22(36)30-25-29-21-18(23(31-25)37-16-8-10-27-11-9-16)28-13-32(21)24-20(35)19(34)17(12-33)38-24/h4-11,13,17,19-20,24,33-35H,12H2,1-3H3,(H,29,30,31,36)/t17-,19-,20-,24-/m1/s1. The fraction of sp³-hybridized carbons (Fsp3) is 0.346. The van der Waals surface area contributed by atoms with E-state index in [0.29, 0.717) is 11.3 Å². The number of carbonyl (C=O) groups is 1. The van der Waals surface area contributed by atoms with Crippen LogP contribution in [0.4, 0.5) is 5.95 Å². The van der Waals surface area contributed by atoms with Crippen LogP contribution >= 0.6 is 0 Å². The van der Waals surface area contributed by atoms with E-state index in [1.807, 2.05) is 12.1 Å². The summed E-state index contributed by atoms with van der Waals surface area (Å²) >= 11 is 0. The van der Waals surface area contributed by atoms with Crippen LogP contribution in [-0.2, 0) is 10.2 Å². The Hall–Kier alpha value is -3.97. The minimum atomic E-state index is -1.36. The molecule has 1 saturated heterocycles. The number of anilines is 1. The van der Waals surface area contributed by atoms with E-state index < -0.39 is 37.1 Å². The average molecular weight is 521 g/mol. The number of benzene rings is 1. The molecular weight excluding hydrogens is 492 g/mol. The highest BCUT2D eigenvalue weighted by atomic mass is 16.6. The zero-order chi connectivity index (χ0) is 27.0. The van der Waals surface area contributed by atoms with Crippen LogP contribution in [0, 0.1) is 0 Å². The number of aliphatic hydroxyl groups is 3. The summed E-state index contributed by atoms with van der Waals surface area (Å²) in [6, 6.07) is 10.5. The van der Waals surface area contributed by atoms with Gasteiger partial charge in [0.2, 0.25) is 5.95 Å². The van der Waals surface area contributed by atoms with Crippen LogP contribution in [0.1, 0.15) is 42.9 Å². The van der Waals surface area contributed by atoms with E-state index in [0.717, 1.165) is 5.56 Å². The molecule has 198 valence electrons. The summed E-state index contributed by atoms with van der Waals surface area (Å²) in [6.07, 6.45) is -0.294. The maximum Gasteiger partial charge on any atom is 0.258 e. The van der Waals surface area contributed by atoms with Crippen molar-refractivity contribution in [3.8, 4) is 11.6 Å². The van der Waals surface area contributed by atoms with Gasteiger partial charge in [0, 0.05) is 18.0 Å². The summed E-state index contributed by atoms with van der Waals surface area (Å²) in [5.41, 5.74) is 1.85. The highest BCUT2D eigenvalue weighted by Gasteiger charge is 2.44. The molecule has 38 heavy (non-hydrogen) atoms. The maximum absolute atomic E-state index is 13.0. The number of imidazole rings is 1. The zero-order valence-electron chi connectivity index (χ0n) is 21.0. The van der Waals surface area contributed by atoms with E-state index in [2.05, 4.69) is 46.0 Å². The minimum Gasteiger partial charge on any atom is -0.437 e. The number of aromatic nitrogens is 5. The lowest BCUT2D eigenvalue weighted by atomic mass is 9.87. The highest BCUT2D eigenvalue weighted by Crippen LogP contribution is 2.34. The van der Waals surface area contributed by atoms with Gasteiger partial charge < -0.3 is 24.8 Å². The Morgan fingerprint density at radius 1 is 1.08 bits per heavy atom. The summed E-state index contributed by atoms with van der Waals surface area (Å²) < 4.78 is 13.0. The second kappa shape index (κ2) is 10.1. The smallest absolute Gasteiger partial charge is 0.258 e. The number of carbonyl (C=O) groups excluding carboxylic acids is 1. The maximum atomic E-state index is 13.0. The van der Waals surface area contributed by atoms with Crippen LogP contribution in [0.25, 0.3) is 11.2 Å². The van der Waals surface area contributed by atoms with Gasteiger partial charge in [-0.2, -0.15) is 9.97 Å².